The molecular weight excluding hydrogens is 549 g/mol. The van der Waals surface area contributed by atoms with Crippen molar-refractivity contribution < 1.29 is 38.4 Å². The third-order valence-corrected chi connectivity index (χ3v) is 6.42. The number of benzene rings is 3. The lowest BCUT2D eigenvalue weighted by atomic mass is 10.0. The normalized spacial score (nSPS) is 14.1. The molecule has 1 atom stereocenters. The summed E-state index contributed by atoms with van der Waals surface area (Å²) >= 11 is 12.5. The maximum Gasteiger partial charge on any atom is 0.506 e. The fourth-order valence-corrected chi connectivity index (χ4v) is 4.37. The molecule has 3 aromatic carbocycles. The maximum atomic E-state index is 12.7. The summed E-state index contributed by atoms with van der Waals surface area (Å²) in [6.45, 7) is 1.55. The smallest absolute Gasteiger partial charge is 0.493 e. The average Bonchev–Trinajstić information content (AvgIpc) is 2.91. The molecule has 0 bridgehead atoms. The van der Waals surface area contributed by atoms with Gasteiger partial charge >= 0.3 is 6.16 Å². The second-order valence-corrected chi connectivity index (χ2v) is 9.40. The van der Waals surface area contributed by atoms with Gasteiger partial charge in [0.1, 0.15) is 35.7 Å². The van der Waals surface area contributed by atoms with E-state index in [1.54, 1.807) is 55.6 Å². The van der Waals surface area contributed by atoms with Gasteiger partial charge in [-0.05, 0) is 54.4 Å². The van der Waals surface area contributed by atoms with Gasteiger partial charge in [-0.15, -0.1) is 0 Å². The van der Waals surface area contributed by atoms with E-state index in [-0.39, 0.29) is 10.9 Å². The Morgan fingerprint density at radius 3 is 2.59 bits per heavy atom. The fraction of sp³-hybridized carbons (Fsp3) is 0.286. The minimum Gasteiger partial charge on any atom is -0.493 e. The summed E-state index contributed by atoms with van der Waals surface area (Å²) in [5.41, 5.74) is 1.93. The lowest BCUT2D eigenvalue weighted by molar-refractivity contribution is 0.0326. The third kappa shape index (κ3) is 7.69. The van der Waals surface area contributed by atoms with Crippen molar-refractivity contribution in [2.75, 3.05) is 33.5 Å². The zero-order chi connectivity index (χ0) is 27.8. The Balaban J connectivity index is 1.34. The second-order valence-electron chi connectivity index (χ2n) is 8.56. The van der Waals surface area contributed by atoms with E-state index in [1.165, 1.54) is 0 Å². The molecule has 0 saturated heterocycles. The van der Waals surface area contributed by atoms with Gasteiger partial charge in [0, 0.05) is 42.3 Å². The van der Waals surface area contributed by atoms with Crippen LogP contribution in [0.1, 0.15) is 34.0 Å². The van der Waals surface area contributed by atoms with Crippen molar-refractivity contribution in [3.8, 4) is 23.0 Å². The molecule has 11 heteroatoms. The molecule has 2 N–H and O–H groups in total. The van der Waals surface area contributed by atoms with Crippen molar-refractivity contribution in [3.63, 3.8) is 0 Å². The van der Waals surface area contributed by atoms with Crippen LogP contribution in [0.3, 0.4) is 0 Å². The van der Waals surface area contributed by atoms with E-state index in [9.17, 15) is 9.59 Å². The molecule has 1 aliphatic heterocycles. The van der Waals surface area contributed by atoms with Crippen molar-refractivity contribution in [1.29, 1.82) is 0 Å². The van der Waals surface area contributed by atoms with Crippen LogP contribution in [0.4, 0.5) is 4.79 Å². The van der Waals surface area contributed by atoms with Crippen LogP contribution >= 0.6 is 23.2 Å². The molecule has 1 unspecified atom stereocenters. The van der Waals surface area contributed by atoms with E-state index < -0.39 is 12.3 Å². The number of carbonyl (C=O) groups is 2. The van der Waals surface area contributed by atoms with E-state index in [2.05, 4.69) is 5.32 Å². The molecule has 0 fully saturated rings. The van der Waals surface area contributed by atoms with Gasteiger partial charge in [0.05, 0.1) is 18.2 Å². The molecule has 3 aromatic rings. The summed E-state index contributed by atoms with van der Waals surface area (Å²) in [5, 5.41) is 12.7. The van der Waals surface area contributed by atoms with Gasteiger partial charge in [-0.25, -0.2) is 4.79 Å². The molecule has 4 rings (SSSR count). The standard InChI is InChI=1S/C28H27Cl2NO8/c1-35-12-13-37-24-14-19(29)5-2-17(24)8-10-31-27(32)18-3-6-20(7-4-18)38-26-16-25-21(15-22(26)30)23(9-11-36-25)39-28(33)34/h2-7,14-16,23H,8-13H2,1H3,(H,31,32)(H,33,34). The number of hydrogen-bond acceptors (Lipinski definition) is 7. The molecule has 0 aromatic heterocycles. The molecule has 1 amide bonds. The van der Waals surface area contributed by atoms with Crippen LogP contribution in [0.15, 0.2) is 54.6 Å². The molecule has 0 saturated carbocycles. The highest BCUT2D eigenvalue weighted by Gasteiger charge is 2.27. The SMILES string of the molecule is COCCOc1cc(Cl)ccc1CCNC(=O)c1ccc(Oc2cc3c(cc2Cl)C(OC(=O)O)CCO3)cc1. The van der Waals surface area contributed by atoms with Crippen molar-refractivity contribution in [1.82, 2.24) is 5.32 Å². The molecular formula is C28H27Cl2NO8. The maximum absolute atomic E-state index is 12.7. The van der Waals surface area contributed by atoms with E-state index >= 15 is 0 Å². The first-order chi connectivity index (χ1) is 18.8. The van der Waals surface area contributed by atoms with Crippen LogP contribution in [0, 0.1) is 0 Å². The molecule has 0 spiro atoms. The number of rotatable bonds is 11. The largest absolute Gasteiger partial charge is 0.506 e. The van der Waals surface area contributed by atoms with Crippen molar-refractivity contribution in [3.05, 3.63) is 81.3 Å². The molecule has 206 valence electrons. The van der Waals surface area contributed by atoms with Gasteiger partial charge in [0.2, 0.25) is 0 Å². The van der Waals surface area contributed by atoms with Crippen LogP contribution in [0.25, 0.3) is 0 Å². The first kappa shape index (κ1) is 28.4. The zero-order valence-corrected chi connectivity index (χ0v) is 22.6. The molecule has 9 nitrogen and oxygen atoms in total. The quantitative estimate of drug-likeness (QED) is 0.202. The highest BCUT2D eigenvalue weighted by molar-refractivity contribution is 6.32. The van der Waals surface area contributed by atoms with Crippen LogP contribution in [0.2, 0.25) is 10.0 Å². The summed E-state index contributed by atoms with van der Waals surface area (Å²) in [7, 11) is 1.60. The number of carboxylic acid groups (broad SMARTS) is 1. The number of ether oxygens (including phenoxy) is 5. The Morgan fingerprint density at radius 2 is 1.85 bits per heavy atom. The van der Waals surface area contributed by atoms with Gasteiger partial charge in [0.15, 0.2) is 0 Å². The Bertz CT molecular complexity index is 1320. The number of nitrogens with one attached hydrogen (secondary N) is 1. The third-order valence-electron chi connectivity index (χ3n) is 5.89. The number of halogens is 2. The Labute approximate surface area is 235 Å². The fourth-order valence-electron chi connectivity index (χ4n) is 4.00. The van der Waals surface area contributed by atoms with E-state index in [1.807, 2.05) is 6.07 Å². The molecule has 1 aliphatic rings. The Morgan fingerprint density at radius 1 is 1.05 bits per heavy atom. The van der Waals surface area contributed by atoms with Crippen molar-refractivity contribution in [2.24, 2.45) is 0 Å². The lowest BCUT2D eigenvalue weighted by Gasteiger charge is -2.25. The highest BCUT2D eigenvalue weighted by Crippen LogP contribution is 2.42. The predicted molar refractivity (Wildman–Crippen MR) is 145 cm³/mol. The first-order valence-electron chi connectivity index (χ1n) is 12.2. The highest BCUT2D eigenvalue weighted by atomic mass is 35.5. The second kappa shape index (κ2) is 13.4. The minimum absolute atomic E-state index is 0.234. The molecule has 0 aliphatic carbocycles. The Hall–Kier alpha value is -3.66. The summed E-state index contributed by atoms with van der Waals surface area (Å²) < 4.78 is 27.2. The molecule has 39 heavy (non-hydrogen) atoms. The van der Waals surface area contributed by atoms with Crippen LogP contribution in [-0.4, -0.2) is 50.6 Å². The van der Waals surface area contributed by atoms with Crippen molar-refractivity contribution >= 4 is 35.3 Å². The number of methoxy groups -OCH3 is 1. The Kier molecular flexibility index (Phi) is 9.75. The summed E-state index contributed by atoms with van der Waals surface area (Å²) in [6, 6.07) is 15.2. The number of amides is 1. The van der Waals surface area contributed by atoms with Gasteiger partial charge in [-0.1, -0.05) is 29.3 Å². The van der Waals surface area contributed by atoms with Crippen LogP contribution in [-0.2, 0) is 15.9 Å². The zero-order valence-electron chi connectivity index (χ0n) is 21.1. The number of fused-ring (bicyclic) bond motifs is 1. The van der Waals surface area contributed by atoms with E-state index in [0.29, 0.717) is 78.4 Å². The number of hydrogen-bond donors (Lipinski definition) is 2. The van der Waals surface area contributed by atoms with E-state index in [4.69, 9.17) is 52.0 Å². The first-order valence-corrected chi connectivity index (χ1v) is 12.9. The average molecular weight is 576 g/mol. The lowest BCUT2D eigenvalue weighted by Crippen LogP contribution is -2.25. The topological polar surface area (TPSA) is 113 Å². The van der Waals surface area contributed by atoms with Gasteiger partial charge in [-0.3, -0.25) is 4.79 Å². The molecule has 1 heterocycles. The number of carbonyl (C=O) groups excluding carboxylic acids is 1. The van der Waals surface area contributed by atoms with E-state index in [0.717, 1.165) is 5.56 Å². The van der Waals surface area contributed by atoms with Gasteiger partial charge in [0.25, 0.3) is 5.91 Å². The summed E-state index contributed by atoms with van der Waals surface area (Å²) in [5.74, 6) is 1.65. The van der Waals surface area contributed by atoms with Crippen LogP contribution in [0.5, 0.6) is 23.0 Å². The summed E-state index contributed by atoms with van der Waals surface area (Å²) in [6.07, 6.45) is -1.08. The minimum atomic E-state index is -1.37. The van der Waals surface area contributed by atoms with Crippen LogP contribution < -0.4 is 19.5 Å². The monoisotopic (exact) mass is 575 g/mol. The van der Waals surface area contributed by atoms with Gasteiger partial charge in [-0.2, -0.15) is 0 Å². The predicted octanol–water partition coefficient (Wildman–Crippen LogP) is 6.30. The van der Waals surface area contributed by atoms with Gasteiger partial charge < -0.3 is 34.1 Å². The van der Waals surface area contributed by atoms with Crippen molar-refractivity contribution in [2.45, 2.75) is 18.9 Å². The summed E-state index contributed by atoms with van der Waals surface area (Å²) in [4.78, 5) is 23.6. The molecule has 0 radical (unpaired) electrons.